The molecule has 0 bridgehead atoms. The standard InChI is InChI=1S/C17H14BrFN2/c1-20-17(12-6-7-14(18)15(19)9-12)13-5-4-11-3-2-8-21-16(11)10-13/h2-10,17,20H,1H3. The largest absolute Gasteiger partial charge is 0.309 e. The first kappa shape index (κ1) is 14.2. The lowest BCUT2D eigenvalue weighted by Crippen LogP contribution is -2.17. The molecule has 0 fully saturated rings. The zero-order valence-corrected chi connectivity index (χ0v) is 13.1. The Morgan fingerprint density at radius 1 is 1.10 bits per heavy atom. The Labute approximate surface area is 131 Å². The molecule has 1 N–H and O–H groups in total. The predicted molar refractivity (Wildman–Crippen MR) is 86.7 cm³/mol. The quantitative estimate of drug-likeness (QED) is 0.759. The second-order valence-electron chi connectivity index (χ2n) is 4.85. The molecule has 0 aliphatic carbocycles. The molecule has 1 atom stereocenters. The number of fused-ring (bicyclic) bond motifs is 1. The minimum atomic E-state index is -0.258. The number of aromatic nitrogens is 1. The Hall–Kier alpha value is -1.78. The van der Waals surface area contributed by atoms with Crippen LogP contribution < -0.4 is 5.32 Å². The van der Waals surface area contributed by atoms with Crippen molar-refractivity contribution in [2.24, 2.45) is 0 Å². The van der Waals surface area contributed by atoms with Crippen molar-refractivity contribution in [3.8, 4) is 0 Å². The minimum Gasteiger partial charge on any atom is -0.309 e. The smallest absolute Gasteiger partial charge is 0.137 e. The zero-order chi connectivity index (χ0) is 14.8. The summed E-state index contributed by atoms with van der Waals surface area (Å²) in [6.45, 7) is 0. The Balaban J connectivity index is 2.06. The van der Waals surface area contributed by atoms with Crippen LogP contribution in [0.2, 0.25) is 0 Å². The predicted octanol–water partition coefficient (Wildman–Crippen LogP) is 4.45. The maximum Gasteiger partial charge on any atom is 0.137 e. The molecule has 3 aromatic rings. The molecule has 0 saturated carbocycles. The summed E-state index contributed by atoms with van der Waals surface area (Å²) in [6, 6.07) is 15.2. The van der Waals surface area contributed by atoms with Crippen LogP contribution in [0.25, 0.3) is 10.9 Å². The maximum atomic E-state index is 13.8. The number of pyridine rings is 1. The van der Waals surface area contributed by atoms with Crippen molar-refractivity contribution < 1.29 is 4.39 Å². The molecule has 106 valence electrons. The number of benzene rings is 2. The average Bonchev–Trinajstić information content (AvgIpc) is 2.51. The molecule has 1 unspecified atom stereocenters. The molecule has 21 heavy (non-hydrogen) atoms. The fraction of sp³-hybridized carbons (Fsp3) is 0.118. The molecule has 0 saturated heterocycles. The molecule has 3 rings (SSSR count). The third-order valence-corrected chi connectivity index (χ3v) is 4.17. The summed E-state index contributed by atoms with van der Waals surface area (Å²) < 4.78 is 14.2. The third-order valence-electron chi connectivity index (χ3n) is 3.53. The van der Waals surface area contributed by atoms with Gasteiger partial charge in [-0.1, -0.05) is 24.3 Å². The molecule has 1 heterocycles. The zero-order valence-electron chi connectivity index (χ0n) is 11.5. The highest BCUT2D eigenvalue weighted by atomic mass is 79.9. The van der Waals surface area contributed by atoms with Crippen molar-refractivity contribution >= 4 is 26.8 Å². The topological polar surface area (TPSA) is 24.9 Å². The molecule has 2 aromatic carbocycles. The van der Waals surface area contributed by atoms with Gasteiger partial charge in [0.15, 0.2) is 0 Å². The number of nitrogens with zero attached hydrogens (tertiary/aromatic N) is 1. The lowest BCUT2D eigenvalue weighted by molar-refractivity contribution is 0.610. The molecular formula is C17H14BrFN2. The summed E-state index contributed by atoms with van der Waals surface area (Å²) in [5.41, 5.74) is 2.88. The molecule has 4 heteroatoms. The molecule has 1 aromatic heterocycles. The summed E-state index contributed by atoms with van der Waals surface area (Å²) in [5.74, 6) is -0.258. The molecular weight excluding hydrogens is 331 g/mol. The van der Waals surface area contributed by atoms with Crippen LogP contribution in [0.4, 0.5) is 4.39 Å². The molecule has 0 aliphatic heterocycles. The normalized spacial score (nSPS) is 12.5. The highest BCUT2D eigenvalue weighted by molar-refractivity contribution is 9.10. The fourth-order valence-corrected chi connectivity index (χ4v) is 2.73. The molecule has 0 radical (unpaired) electrons. The minimum absolute atomic E-state index is 0.0704. The summed E-state index contributed by atoms with van der Waals surface area (Å²) >= 11 is 3.18. The van der Waals surface area contributed by atoms with Gasteiger partial charge in [0.25, 0.3) is 0 Å². The summed E-state index contributed by atoms with van der Waals surface area (Å²) in [4.78, 5) is 4.37. The van der Waals surface area contributed by atoms with Crippen LogP contribution in [0.15, 0.2) is 59.2 Å². The van der Waals surface area contributed by atoms with Gasteiger partial charge in [-0.15, -0.1) is 0 Å². The van der Waals surface area contributed by atoms with Crippen LogP contribution in [0.1, 0.15) is 17.2 Å². The number of hydrogen-bond donors (Lipinski definition) is 1. The second kappa shape index (κ2) is 5.92. The van der Waals surface area contributed by atoms with E-state index in [4.69, 9.17) is 0 Å². The first-order chi connectivity index (χ1) is 10.2. The van der Waals surface area contributed by atoms with E-state index in [0.717, 1.165) is 22.0 Å². The van der Waals surface area contributed by atoms with Crippen LogP contribution >= 0.6 is 15.9 Å². The van der Waals surface area contributed by atoms with Crippen molar-refractivity contribution in [1.82, 2.24) is 10.3 Å². The lowest BCUT2D eigenvalue weighted by atomic mass is 9.97. The van der Waals surface area contributed by atoms with Crippen molar-refractivity contribution in [3.05, 3.63) is 76.1 Å². The second-order valence-corrected chi connectivity index (χ2v) is 5.71. The van der Waals surface area contributed by atoms with Crippen molar-refractivity contribution in [2.45, 2.75) is 6.04 Å². The van der Waals surface area contributed by atoms with E-state index in [1.165, 1.54) is 0 Å². The molecule has 2 nitrogen and oxygen atoms in total. The lowest BCUT2D eigenvalue weighted by Gasteiger charge is -2.18. The number of rotatable bonds is 3. The van der Waals surface area contributed by atoms with E-state index in [-0.39, 0.29) is 11.9 Å². The van der Waals surface area contributed by atoms with E-state index in [9.17, 15) is 4.39 Å². The number of nitrogens with one attached hydrogen (secondary N) is 1. The number of halogens is 2. The van der Waals surface area contributed by atoms with E-state index in [2.05, 4.69) is 26.2 Å². The van der Waals surface area contributed by atoms with Crippen LogP contribution in [0.5, 0.6) is 0 Å². The van der Waals surface area contributed by atoms with Crippen LogP contribution in [-0.4, -0.2) is 12.0 Å². The van der Waals surface area contributed by atoms with E-state index in [0.29, 0.717) is 4.47 Å². The van der Waals surface area contributed by atoms with Crippen molar-refractivity contribution in [1.29, 1.82) is 0 Å². The van der Waals surface area contributed by atoms with Crippen molar-refractivity contribution in [2.75, 3.05) is 7.05 Å². The molecule has 0 aliphatic rings. The van der Waals surface area contributed by atoms with Crippen molar-refractivity contribution in [3.63, 3.8) is 0 Å². The first-order valence-corrected chi connectivity index (χ1v) is 7.45. The highest BCUT2D eigenvalue weighted by Crippen LogP contribution is 2.27. The van der Waals surface area contributed by atoms with Crippen LogP contribution in [0.3, 0.4) is 0 Å². The van der Waals surface area contributed by atoms with Crippen LogP contribution in [-0.2, 0) is 0 Å². The molecule has 0 spiro atoms. The van der Waals surface area contributed by atoms with E-state index in [1.54, 1.807) is 18.3 Å². The Kier molecular flexibility index (Phi) is 3.99. The van der Waals surface area contributed by atoms with E-state index >= 15 is 0 Å². The Morgan fingerprint density at radius 3 is 2.62 bits per heavy atom. The molecule has 0 amide bonds. The van der Waals surface area contributed by atoms with Gasteiger partial charge in [0.2, 0.25) is 0 Å². The van der Waals surface area contributed by atoms with Gasteiger partial charge in [0, 0.05) is 11.6 Å². The monoisotopic (exact) mass is 344 g/mol. The fourth-order valence-electron chi connectivity index (χ4n) is 2.48. The first-order valence-electron chi connectivity index (χ1n) is 6.66. The van der Waals surface area contributed by atoms with E-state index < -0.39 is 0 Å². The summed E-state index contributed by atoms with van der Waals surface area (Å²) in [6.07, 6.45) is 1.78. The maximum absolute atomic E-state index is 13.8. The van der Waals surface area contributed by atoms with Gasteiger partial charge in [-0.05, 0) is 58.4 Å². The highest BCUT2D eigenvalue weighted by Gasteiger charge is 2.14. The van der Waals surface area contributed by atoms with Gasteiger partial charge < -0.3 is 5.32 Å². The van der Waals surface area contributed by atoms with Gasteiger partial charge in [-0.2, -0.15) is 0 Å². The third kappa shape index (κ3) is 2.82. The number of hydrogen-bond acceptors (Lipinski definition) is 2. The van der Waals surface area contributed by atoms with Gasteiger partial charge in [-0.25, -0.2) is 4.39 Å². The summed E-state index contributed by atoms with van der Waals surface area (Å²) in [5, 5.41) is 4.33. The summed E-state index contributed by atoms with van der Waals surface area (Å²) in [7, 11) is 1.87. The van der Waals surface area contributed by atoms with Gasteiger partial charge in [-0.3, -0.25) is 4.98 Å². The van der Waals surface area contributed by atoms with Crippen LogP contribution in [0, 0.1) is 5.82 Å². The van der Waals surface area contributed by atoms with E-state index in [1.807, 2.05) is 43.4 Å². The average molecular weight is 345 g/mol. The van der Waals surface area contributed by atoms with Gasteiger partial charge in [0.05, 0.1) is 16.0 Å². The Bertz CT molecular complexity index is 789. The van der Waals surface area contributed by atoms with Gasteiger partial charge >= 0.3 is 0 Å². The Morgan fingerprint density at radius 2 is 1.86 bits per heavy atom. The SMILES string of the molecule is CNC(c1ccc(Br)c(F)c1)c1ccc2cccnc2c1. The van der Waals surface area contributed by atoms with Gasteiger partial charge in [0.1, 0.15) is 5.82 Å².